The van der Waals surface area contributed by atoms with Crippen LogP contribution in [-0.2, 0) is 47.4 Å². The van der Waals surface area contributed by atoms with Crippen molar-refractivity contribution in [2.75, 3.05) is 23.0 Å². The van der Waals surface area contributed by atoms with Crippen LogP contribution in [0, 0.1) is 0 Å². The Labute approximate surface area is 386 Å². The Morgan fingerprint density at radius 3 is 0.879 bits per heavy atom. The number of anilines is 2. The molecular formula is C56H48N2O7P+. The Bertz CT molecular complexity index is 2480. The number of nitrogens with zero attached hydrogens (tertiary/aromatic N) is 2. The third-order valence-electron chi connectivity index (χ3n) is 11.3. The molecule has 0 aliphatic rings. The second-order valence-electron chi connectivity index (χ2n) is 15.4. The van der Waals surface area contributed by atoms with Crippen molar-refractivity contribution in [1.29, 1.82) is 0 Å². The summed E-state index contributed by atoms with van der Waals surface area (Å²) in [6.07, 6.45) is -1.31. The molecule has 9 nitrogen and oxygen atoms in total. The van der Waals surface area contributed by atoms with Crippen LogP contribution < -0.4 is 9.80 Å². The van der Waals surface area contributed by atoms with Crippen LogP contribution in [0.4, 0.5) is 21.0 Å². The molecule has 0 saturated carbocycles. The van der Waals surface area contributed by atoms with Crippen LogP contribution in [-0.4, -0.2) is 25.4 Å². The van der Waals surface area contributed by atoms with Gasteiger partial charge in [0.25, 0.3) is 0 Å². The summed E-state index contributed by atoms with van der Waals surface area (Å²) < 4.78 is 39.9. The minimum absolute atomic E-state index is 0.00759. The zero-order valence-electron chi connectivity index (χ0n) is 36.1. The van der Waals surface area contributed by atoms with Crippen LogP contribution in [0.15, 0.2) is 243 Å². The molecule has 8 aromatic rings. The van der Waals surface area contributed by atoms with E-state index in [1.807, 2.05) is 243 Å². The first-order chi connectivity index (χ1) is 32.5. The van der Waals surface area contributed by atoms with Gasteiger partial charge in [-0.25, -0.2) is 9.59 Å². The number of rotatable bonds is 18. The molecule has 8 rings (SSSR count). The van der Waals surface area contributed by atoms with Crippen molar-refractivity contribution in [3.63, 3.8) is 0 Å². The number of benzene rings is 8. The lowest BCUT2D eigenvalue weighted by molar-refractivity contribution is 0.124. The molecular weight excluding hydrogens is 844 g/mol. The van der Waals surface area contributed by atoms with E-state index >= 15 is 0 Å². The van der Waals surface area contributed by atoms with Gasteiger partial charge in [0.1, 0.15) is 37.5 Å². The molecule has 0 fully saturated rings. The monoisotopic (exact) mass is 891 g/mol. The number of hydrogen-bond donors (Lipinski definition) is 0. The first-order valence-electron chi connectivity index (χ1n) is 21.6. The normalized spacial score (nSPS) is 11.3. The predicted molar refractivity (Wildman–Crippen MR) is 258 cm³/mol. The van der Waals surface area contributed by atoms with Crippen molar-refractivity contribution in [2.45, 2.75) is 24.3 Å². The first kappa shape index (κ1) is 44.9. The van der Waals surface area contributed by atoms with Gasteiger partial charge in [0.2, 0.25) is 0 Å². The molecule has 0 aromatic heterocycles. The Hall–Kier alpha value is -7.68. The van der Waals surface area contributed by atoms with Crippen molar-refractivity contribution in [3.8, 4) is 0 Å². The summed E-state index contributed by atoms with van der Waals surface area (Å²) >= 11 is 0. The minimum atomic E-state index is -2.99. The topological polar surface area (TPSA) is 94.6 Å². The van der Waals surface area contributed by atoms with E-state index in [1.54, 1.807) is 9.80 Å². The summed E-state index contributed by atoms with van der Waals surface area (Å²) in [6, 6.07) is 75.1. The Morgan fingerprint density at radius 1 is 0.364 bits per heavy atom. The molecule has 0 heterocycles. The maximum Gasteiger partial charge on any atom is 0.697 e. The lowest BCUT2D eigenvalue weighted by Crippen LogP contribution is -2.54. The van der Waals surface area contributed by atoms with Gasteiger partial charge in [0.05, 0.1) is 0 Å². The molecule has 0 radical (unpaired) electrons. The molecule has 0 spiro atoms. The smallest absolute Gasteiger partial charge is 0.444 e. The van der Waals surface area contributed by atoms with Crippen LogP contribution in [0.1, 0.15) is 33.4 Å². The van der Waals surface area contributed by atoms with Gasteiger partial charge in [0.15, 0.2) is 0 Å². The van der Waals surface area contributed by atoms with Gasteiger partial charge >= 0.3 is 20.4 Å². The average molecular weight is 892 g/mol. The summed E-state index contributed by atoms with van der Waals surface area (Å²) in [5, 5.41) is 0. The summed E-state index contributed by atoms with van der Waals surface area (Å²) in [5.74, 6) is 0. The molecule has 0 aliphatic heterocycles. The first-order valence-corrected chi connectivity index (χ1v) is 22.7. The molecule has 8 aromatic carbocycles. The van der Waals surface area contributed by atoms with Crippen LogP contribution >= 0.6 is 8.25 Å². The molecule has 0 aliphatic carbocycles. The van der Waals surface area contributed by atoms with E-state index in [-0.39, 0.29) is 26.4 Å². The van der Waals surface area contributed by atoms with E-state index in [1.165, 1.54) is 0 Å². The summed E-state index contributed by atoms with van der Waals surface area (Å²) in [4.78, 5) is 32.8. The Balaban J connectivity index is 1.20. The third kappa shape index (κ3) is 10.1. The van der Waals surface area contributed by atoms with E-state index in [9.17, 15) is 14.2 Å². The van der Waals surface area contributed by atoms with Crippen molar-refractivity contribution in [3.05, 3.63) is 276 Å². The fraction of sp³-hybridized carbons (Fsp3) is 0.107. The van der Waals surface area contributed by atoms with Crippen LogP contribution in [0.5, 0.6) is 0 Å². The van der Waals surface area contributed by atoms with Crippen LogP contribution in [0.3, 0.4) is 0 Å². The number of carbonyl (C=O) groups excluding carboxylic acids is 2. The van der Waals surface area contributed by atoms with E-state index in [0.29, 0.717) is 33.6 Å². The average Bonchev–Trinajstić information content (AvgIpc) is 3.39. The SMILES string of the molecule is O=C(OCc1ccccc1)N(c1ccccc1)C(CO[P+](=O)OCC(c1ccccc1)(c1ccccc1)N(C(=O)OCc1ccccc1)c1ccccc1)(c1ccccc1)c1ccccc1. The second kappa shape index (κ2) is 21.8. The lowest BCUT2D eigenvalue weighted by atomic mass is 9.81. The Morgan fingerprint density at radius 2 is 0.606 bits per heavy atom. The van der Waals surface area contributed by atoms with Gasteiger partial charge in [0, 0.05) is 15.9 Å². The second-order valence-corrected chi connectivity index (χ2v) is 16.3. The fourth-order valence-corrected chi connectivity index (χ4v) is 8.84. The number of amides is 2. The highest BCUT2D eigenvalue weighted by molar-refractivity contribution is 7.33. The standard InChI is InChI=1S/C56H48N2O7P/c59-53(62-41-45-25-9-1-10-26-45)57(51-37-21-7-22-38-51)55(47-29-13-3-14-30-47,48-31-15-4-16-32-48)43-64-66(61)65-44-56(49-33-17-5-18-34-49,50-35-19-6-20-36-50)58(52-39-23-8-24-40-52)54(60)63-42-46-27-11-2-12-28-46/h1-40H,41-44H2/q+1. The van der Waals surface area contributed by atoms with Gasteiger partial charge in [-0.15, -0.1) is 9.05 Å². The minimum Gasteiger partial charge on any atom is -0.444 e. The van der Waals surface area contributed by atoms with Gasteiger partial charge in [-0.05, 0) is 57.6 Å². The number of para-hydroxylation sites is 2. The molecule has 0 N–H and O–H groups in total. The zero-order valence-corrected chi connectivity index (χ0v) is 37.0. The van der Waals surface area contributed by atoms with Gasteiger partial charge in [-0.3, -0.25) is 9.80 Å². The number of hydrogen-bond acceptors (Lipinski definition) is 7. The van der Waals surface area contributed by atoms with E-state index in [2.05, 4.69) is 0 Å². The van der Waals surface area contributed by atoms with Crippen molar-refractivity contribution in [1.82, 2.24) is 0 Å². The largest absolute Gasteiger partial charge is 0.697 e. The summed E-state index contributed by atoms with van der Waals surface area (Å²) in [7, 11) is -2.99. The highest BCUT2D eigenvalue weighted by atomic mass is 31.1. The molecule has 66 heavy (non-hydrogen) atoms. The van der Waals surface area contributed by atoms with Crippen LogP contribution in [0.25, 0.3) is 0 Å². The molecule has 0 bridgehead atoms. The molecule has 0 unspecified atom stereocenters. The zero-order chi connectivity index (χ0) is 45.4. The van der Waals surface area contributed by atoms with Gasteiger partial charge < -0.3 is 9.47 Å². The third-order valence-corrected chi connectivity index (χ3v) is 12.0. The summed E-state index contributed by atoms with van der Waals surface area (Å²) in [6.45, 7) is -0.658. The van der Waals surface area contributed by atoms with E-state index in [4.69, 9.17) is 18.5 Å². The lowest BCUT2D eigenvalue weighted by Gasteiger charge is -2.43. The maximum atomic E-state index is 14.8. The molecule has 2 amide bonds. The molecule has 328 valence electrons. The molecule has 0 saturated heterocycles. The van der Waals surface area contributed by atoms with E-state index in [0.717, 1.165) is 11.1 Å². The van der Waals surface area contributed by atoms with E-state index < -0.39 is 31.5 Å². The molecule has 10 heteroatoms. The van der Waals surface area contributed by atoms with Crippen molar-refractivity contribution >= 4 is 31.8 Å². The predicted octanol–water partition coefficient (Wildman–Crippen LogP) is 13.3. The number of ether oxygens (including phenoxy) is 2. The fourth-order valence-electron chi connectivity index (χ4n) is 8.18. The van der Waals surface area contributed by atoms with Crippen molar-refractivity contribution in [2.24, 2.45) is 0 Å². The highest BCUT2D eigenvalue weighted by Crippen LogP contribution is 2.46. The van der Waals surface area contributed by atoms with Crippen LogP contribution in [0.2, 0.25) is 0 Å². The summed E-state index contributed by atoms with van der Waals surface area (Å²) in [5.41, 5.74) is 2.40. The Kier molecular flexibility index (Phi) is 14.8. The van der Waals surface area contributed by atoms with Gasteiger partial charge in [-0.2, -0.15) is 0 Å². The van der Waals surface area contributed by atoms with Gasteiger partial charge in [-0.1, -0.05) is 218 Å². The van der Waals surface area contributed by atoms with Crippen molar-refractivity contribution < 1.29 is 32.7 Å². The molecule has 0 atom stereocenters. The maximum absolute atomic E-state index is 14.8. The quantitative estimate of drug-likeness (QED) is 0.0792. The highest BCUT2D eigenvalue weighted by Gasteiger charge is 2.51. The number of carbonyl (C=O) groups is 2.